The van der Waals surface area contributed by atoms with Gasteiger partial charge in [-0.1, -0.05) is 6.07 Å². The summed E-state index contributed by atoms with van der Waals surface area (Å²) >= 11 is 0. The Kier molecular flexibility index (Phi) is 3.87. The molecule has 0 bridgehead atoms. The van der Waals surface area contributed by atoms with Crippen molar-refractivity contribution in [3.63, 3.8) is 0 Å². The maximum Gasteiger partial charge on any atom is 0.265 e. The van der Waals surface area contributed by atoms with Gasteiger partial charge in [0.2, 0.25) is 5.71 Å². The number of benzene rings is 1. The SMILES string of the molecule is Cc1oc2ncn(C)c(=O)c2c1C(=O)NCC1(c2c(F)cccc2F)CC1. The average Bonchev–Trinajstić information content (AvgIpc) is 3.31. The number of carbonyl (C=O) groups excluding carboxylic acids is 1. The molecular formula is C19H17F2N3O3. The molecule has 140 valence electrons. The number of hydrogen-bond acceptors (Lipinski definition) is 4. The van der Waals surface area contributed by atoms with Gasteiger partial charge in [0.15, 0.2) is 0 Å². The number of halogens is 2. The summed E-state index contributed by atoms with van der Waals surface area (Å²) in [6.45, 7) is 1.63. The maximum atomic E-state index is 14.1. The molecule has 1 saturated carbocycles. The fourth-order valence-corrected chi connectivity index (χ4v) is 3.47. The first-order valence-electron chi connectivity index (χ1n) is 8.51. The molecule has 8 heteroatoms. The summed E-state index contributed by atoms with van der Waals surface area (Å²) in [7, 11) is 1.53. The van der Waals surface area contributed by atoms with E-state index in [1.54, 1.807) is 6.92 Å². The largest absolute Gasteiger partial charge is 0.442 e. The standard InChI is InChI=1S/C19H17F2N3O3/c1-10-13(14-17(27-10)23-9-24(2)18(14)26)16(25)22-8-19(6-7-19)15-11(20)4-3-5-12(15)21/h3-5,9H,6-8H2,1-2H3,(H,22,25). The molecule has 27 heavy (non-hydrogen) atoms. The van der Waals surface area contributed by atoms with E-state index in [0.29, 0.717) is 12.8 Å². The van der Waals surface area contributed by atoms with Crippen LogP contribution in [0, 0.1) is 18.6 Å². The van der Waals surface area contributed by atoms with E-state index >= 15 is 0 Å². The van der Waals surface area contributed by atoms with Crippen LogP contribution >= 0.6 is 0 Å². The van der Waals surface area contributed by atoms with E-state index in [0.717, 1.165) is 0 Å². The van der Waals surface area contributed by atoms with Crippen molar-refractivity contribution in [2.75, 3.05) is 6.54 Å². The van der Waals surface area contributed by atoms with Gasteiger partial charge in [-0.05, 0) is 31.9 Å². The Balaban J connectivity index is 1.65. The van der Waals surface area contributed by atoms with E-state index < -0.39 is 28.5 Å². The number of rotatable bonds is 4. The van der Waals surface area contributed by atoms with Gasteiger partial charge in [0.1, 0.15) is 29.1 Å². The lowest BCUT2D eigenvalue weighted by Crippen LogP contribution is -2.34. The molecule has 1 amide bonds. The van der Waals surface area contributed by atoms with Crippen molar-refractivity contribution in [2.24, 2.45) is 7.05 Å². The summed E-state index contributed by atoms with van der Waals surface area (Å²) in [6.07, 6.45) is 2.45. The monoisotopic (exact) mass is 373 g/mol. The first kappa shape index (κ1) is 17.4. The van der Waals surface area contributed by atoms with Crippen LogP contribution in [-0.2, 0) is 12.5 Å². The zero-order chi connectivity index (χ0) is 19.3. The number of fused-ring (bicyclic) bond motifs is 1. The van der Waals surface area contributed by atoms with Crippen molar-refractivity contribution in [3.8, 4) is 0 Å². The quantitative estimate of drug-likeness (QED) is 0.763. The fraction of sp³-hybridized carbons (Fsp3) is 0.316. The highest BCUT2D eigenvalue weighted by Gasteiger charge is 2.48. The molecule has 4 rings (SSSR count). The Labute approximate surface area is 152 Å². The van der Waals surface area contributed by atoms with E-state index in [-0.39, 0.29) is 34.5 Å². The van der Waals surface area contributed by atoms with Crippen LogP contribution in [0.2, 0.25) is 0 Å². The third-order valence-electron chi connectivity index (χ3n) is 5.11. The number of nitrogens with zero attached hydrogens (tertiary/aromatic N) is 2. The van der Waals surface area contributed by atoms with Crippen molar-refractivity contribution in [1.29, 1.82) is 0 Å². The highest BCUT2D eigenvalue weighted by Crippen LogP contribution is 2.49. The minimum Gasteiger partial charge on any atom is -0.442 e. The molecule has 0 unspecified atom stereocenters. The summed E-state index contributed by atoms with van der Waals surface area (Å²) in [6, 6.07) is 3.74. The van der Waals surface area contributed by atoms with Crippen LogP contribution in [0.15, 0.2) is 33.7 Å². The molecule has 0 aliphatic heterocycles. The second kappa shape index (κ2) is 6.00. The van der Waals surface area contributed by atoms with Gasteiger partial charge < -0.3 is 14.3 Å². The van der Waals surface area contributed by atoms with Gasteiger partial charge in [-0.25, -0.2) is 13.8 Å². The Hall–Kier alpha value is -3.03. The molecule has 1 aliphatic rings. The number of carbonyl (C=O) groups is 1. The predicted octanol–water partition coefficient (Wildman–Crippen LogP) is 2.57. The number of amides is 1. The number of furan rings is 1. The van der Waals surface area contributed by atoms with Crippen LogP contribution < -0.4 is 10.9 Å². The van der Waals surface area contributed by atoms with E-state index in [1.165, 1.54) is 36.1 Å². The summed E-state index contributed by atoms with van der Waals surface area (Å²) in [4.78, 5) is 29.1. The number of hydrogen-bond donors (Lipinski definition) is 1. The minimum absolute atomic E-state index is 0.00310. The van der Waals surface area contributed by atoms with Crippen molar-refractivity contribution in [2.45, 2.75) is 25.2 Å². The highest BCUT2D eigenvalue weighted by atomic mass is 19.1. The molecule has 6 nitrogen and oxygen atoms in total. The Bertz CT molecular complexity index is 1110. The number of aryl methyl sites for hydroxylation is 2. The first-order chi connectivity index (χ1) is 12.8. The molecule has 1 aliphatic carbocycles. The average molecular weight is 373 g/mol. The lowest BCUT2D eigenvalue weighted by atomic mass is 9.94. The van der Waals surface area contributed by atoms with Crippen LogP contribution in [0.25, 0.3) is 11.1 Å². The molecule has 1 fully saturated rings. The summed E-state index contributed by atoms with van der Waals surface area (Å²) < 4.78 is 34.9. The molecule has 0 spiro atoms. The minimum atomic E-state index is -0.762. The van der Waals surface area contributed by atoms with Gasteiger partial charge in [0.05, 0.1) is 5.56 Å². The lowest BCUT2D eigenvalue weighted by Gasteiger charge is -2.18. The van der Waals surface area contributed by atoms with Crippen LogP contribution in [0.1, 0.15) is 34.5 Å². The second-order valence-corrected chi connectivity index (χ2v) is 6.93. The zero-order valence-electron chi connectivity index (χ0n) is 14.8. The molecular weight excluding hydrogens is 356 g/mol. The van der Waals surface area contributed by atoms with E-state index in [1.807, 2.05) is 0 Å². The Morgan fingerprint density at radius 1 is 1.33 bits per heavy atom. The van der Waals surface area contributed by atoms with Gasteiger partial charge in [0, 0.05) is 24.6 Å². The van der Waals surface area contributed by atoms with Crippen LogP contribution in [0.4, 0.5) is 8.78 Å². The number of aromatic nitrogens is 2. The van der Waals surface area contributed by atoms with Crippen LogP contribution in [0.3, 0.4) is 0 Å². The van der Waals surface area contributed by atoms with Gasteiger partial charge in [-0.2, -0.15) is 0 Å². The molecule has 0 atom stereocenters. The molecule has 3 aromatic rings. The number of nitrogens with one attached hydrogen (secondary N) is 1. The Morgan fingerprint density at radius 2 is 2.00 bits per heavy atom. The second-order valence-electron chi connectivity index (χ2n) is 6.93. The topological polar surface area (TPSA) is 77.1 Å². The molecule has 2 heterocycles. The zero-order valence-corrected chi connectivity index (χ0v) is 14.8. The predicted molar refractivity (Wildman–Crippen MR) is 93.6 cm³/mol. The summed E-state index contributed by atoms with van der Waals surface area (Å²) in [5.41, 5.74) is -0.979. The smallest absolute Gasteiger partial charge is 0.265 e. The van der Waals surface area contributed by atoms with Crippen molar-refractivity contribution in [1.82, 2.24) is 14.9 Å². The van der Waals surface area contributed by atoms with Crippen LogP contribution in [0.5, 0.6) is 0 Å². The van der Waals surface area contributed by atoms with Crippen molar-refractivity contribution < 1.29 is 18.0 Å². The van der Waals surface area contributed by atoms with Gasteiger partial charge in [-0.3, -0.25) is 9.59 Å². The fourth-order valence-electron chi connectivity index (χ4n) is 3.47. The molecule has 0 saturated heterocycles. The van der Waals surface area contributed by atoms with E-state index in [4.69, 9.17) is 4.42 Å². The van der Waals surface area contributed by atoms with Gasteiger partial charge in [0.25, 0.3) is 11.5 Å². The lowest BCUT2D eigenvalue weighted by molar-refractivity contribution is 0.0949. The molecule has 0 radical (unpaired) electrons. The third-order valence-corrected chi connectivity index (χ3v) is 5.11. The molecule has 1 N–H and O–H groups in total. The summed E-state index contributed by atoms with van der Waals surface area (Å²) in [5, 5.41) is 2.81. The van der Waals surface area contributed by atoms with Crippen molar-refractivity contribution >= 4 is 17.0 Å². The van der Waals surface area contributed by atoms with Crippen LogP contribution in [-0.4, -0.2) is 22.0 Å². The normalized spacial score (nSPS) is 15.1. The van der Waals surface area contributed by atoms with Crippen molar-refractivity contribution in [3.05, 3.63) is 63.4 Å². The van der Waals surface area contributed by atoms with E-state index in [9.17, 15) is 18.4 Å². The van der Waals surface area contributed by atoms with Gasteiger partial charge in [-0.15, -0.1) is 0 Å². The maximum absolute atomic E-state index is 14.1. The van der Waals surface area contributed by atoms with Gasteiger partial charge >= 0.3 is 0 Å². The summed E-state index contributed by atoms with van der Waals surface area (Å²) in [5.74, 6) is -1.51. The molecule has 1 aromatic carbocycles. The first-order valence-corrected chi connectivity index (χ1v) is 8.51. The third kappa shape index (κ3) is 2.72. The van der Waals surface area contributed by atoms with E-state index in [2.05, 4.69) is 10.3 Å². The molecule has 2 aromatic heterocycles. The Morgan fingerprint density at radius 3 is 2.63 bits per heavy atom. The highest BCUT2D eigenvalue weighted by molar-refractivity contribution is 6.06.